The standard InChI is InChI=1S/C14H9ClF2N2/c15-11-2-1-3-12(16)14(11)19-8-10-5-4-9(7-18)6-13(10)17/h1-6,19H,8H2. The SMILES string of the molecule is N#Cc1ccc(CNc2c(F)cccc2Cl)c(F)c1. The van der Waals surface area contributed by atoms with Crippen LogP contribution in [-0.4, -0.2) is 0 Å². The van der Waals surface area contributed by atoms with Crippen molar-refractivity contribution in [3.8, 4) is 6.07 Å². The second kappa shape index (κ2) is 5.68. The van der Waals surface area contributed by atoms with Gasteiger partial charge in [-0.25, -0.2) is 8.78 Å². The molecule has 0 heterocycles. The van der Waals surface area contributed by atoms with Crippen molar-refractivity contribution in [1.29, 1.82) is 5.26 Å². The number of benzene rings is 2. The molecule has 0 saturated carbocycles. The molecule has 2 rings (SSSR count). The molecule has 0 spiro atoms. The number of hydrogen-bond donors (Lipinski definition) is 1. The molecule has 0 atom stereocenters. The minimum Gasteiger partial charge on any atom is -0.377 e. The Labute approximate surface area is 114 Å². The number of nitrogens with one attached hydrogen (secondary N) is 1. The number of anilines is 1. The molecule has 0 saturated heterocycles. The van der Waals surface area contributed by atoms with E-state index >= 15 is 0 Å². The highest BCUT2D eigenvalue weighted by atomic mass is 35.5. The maximum absolute atomic E-state index is 13.6. The van der Waals surface area contributed by atoms with Crippen molar-refractivity contribution in [3.05, 3.63) is 64.2 Å². The van der Waals surface area contributed by atoms with Crippen LogP contribution >= 0.6 is 11.6 Å². The number of nitrogens with zero attached hydrogens (tertiary/aromatic N) is 1. The summed E-state index contributed by atoms with van der Waals surface area (Å²) >= 11 is 5.84. The summed E-state index contributed by atoms with van der Waals surface area (Å²) < 4.78 is 27.1. The molecule has 0 aromatic heterocycles. The number of hydrogen-bond acceptors (Lipinski definition) is 2. The van der Waals surface area contributed by atoms with E-state index in [-0.39, 0.29) is 22.8 Å². The highest BCUT2D eigenvalue weighted by Crippen LogP contribution is 2.25. The largest absolute Gasteiger partial charge is 0.377 e. The first-order valence-corrected chi connectivity index (χ1v) is 5.86. The molecular formula is C14H9ClF2N2. The lowest BCUT2D eigenvalue weighted by Crippen LogP contribution is -2.04. The molecule has 0 aliphatic rings. The number of para-hydroxylation sites is 1. The fourth-order valence-corrected chi connectivity index (χ4v) is 1.84. The molecule has 0 radical (unpaired) electrons. The fraction of sp³-hybridized carbons (Fsp3) is 0.0714. The van der Waals surface area contributed by atoms with E-state index in [1.807, 2.05) is 6.07 Å². The zero-order valence-corrected chi connectivity index (χ0v) is 10.5. The summed E-state index contributed by atoms with van der Waals surface area (Å²) in [6, 6.07) is 10.3. The van der Waals surface area contributed by atoms with Gasteiger partial charge in [-0.15, -0.1) is 0 Å². The van der Waals surface area contributed by atoms with Gasteiger partial charge in [0.1, 0.15) is 11.6 Å². The second-order valence-corrected chi connectivity index (χ2v) is 4.28. The average molecular weight is 279 g/mol. The van der Waals surface area contributed by atoms with Crippen molar-refractivity contribution in [1.82, 2.24) is 0 Å². The summed E-state index contributed by atoms with van der Waals surface area (Å²) in [4.78, 5) is 0. The molecule has 1 N–H and O–H groups in total. The smallest absolute Gasteiger partial charge is 0.147 e. The summed E-state index contributed by atoms with van der Waals surface area (Å²) in [6.45, 7) is 0.0815. The molecule has 2 nitrogen and oxygen atoms in total. The first-order chi connectivity index (χ1) is 9.11. The molecule has 0 unspecified atom stereocenters. The summed E-state index contributed by atoms with van der Waals surface area (Å²) in [5.74, 6) is -1.01. The molecule has 19 heavy (non-hydrogen) atoms. The zero-order valence-electron chi connectivity index (χ0n) is 9.75. The molecule has 0 aliphatic heterocycles. The van der Waals surface area contributed by atoms with E-state index in [1.54, 1.807) is 6.07 Å². The van der Waals surface area contributed by atoms with Crippen LogP contribution in [0.2, 0.25) is 5.02 Å². The Morgan fingerprint density at radius 2 is 1.95 bits per heavy atom. The van der Waals surface area contributed by atoms with E-state index in [1.165, 1.54) is 24.3 Å². The zero-order chi connectivity index (χ0) is 13.8. The number of halogens is 3. The Kier molecular flexibility index (Phi) is 3.98. The number of rotatable bonds is 3. The summed E-state index contributed by atoms with van der Waals surface area (Å²) in [7, 11) is 0. The van der Waals surface area contributed by atoms with Crippen LogP contribution in [0.4, 0.5) is 14.5 Å². The van der Waals surface area contributed by atoms with Gasteiger partial charge in [0.2, 0.25) is 0 Å². The van der Waals surface area contributed by atoms with Crippen LogP contribution in [0.5, 0.6) is 0 Å². The minimum absolute atomic E-state index is 0.0815. The summed E-state index contributed by atoms with van der Waals surface area (Å²) in [5.41, 5.74) is 0.705. The summed E-state index contributed by atoms with van der Waals surface area (Å²) in [6.07, 6.45) is 0. The van der Waals surface area contributed by atoms with Gasteiger partial charge in [0.15, 0.2) is 0 Å². The lowest BCUT2D eigenvalue weighted by atomic mass is 10.1. The molecule has 0 fully saturated rings. The van der Waals surface area contributed by atoms with E-state index in [4.69, 9.17) is 16.9 Å². The molecule has 2 aromatic carbocycles. The van der Waals surface area contributed by atoms with Gasteiger partial charge in [-0.1, -0.05) is 23.7 Å². The fourth-order valence-electron chi connectivity index (χ4n) is 1.61. The predicted octanol–water partition coefficient (Wildman–Crippen LogP) is 4.10. The van der Waals surface area contributed by atoms with E-state index in [0.29, 0.717) is 5.56 Å². The van der Waals surface area contributed by atoms with Crippen LogP contribution in [0.25, 0.3) is 0 Å². The van der Waals surface area contributed by atoms with E-state index < -0.39 is 11.6 Å². The third-order valence-corrected chi connectivity index (χ3v) is 2.92. The highest BCUT2D eigenvalue weighted by molar-refractivity contribution is 6.33. The molecule has 5 heteroatoms. The maximum Gasteiger partial charge on any atom is 0.147 e. The Bertz CT molecular complexity index is 630. The molecule has 96 valence electrons. The van der Waals surface area contributed by atoms with E-state index in [0.717, 1.165) is 6.07 Å². The maximum atomic E-state index is 13.6. The second-order valence-electron chi connectivity index (χ2n) is 3.87. The van der Waals surface area contributed by atoms with Crippen molar-refractivity contribution in [2.45, 2.75) is 6.54 Å². The van der Waals surface area contributed by atoms with Crippen molar-refractivity contribution in [3.63, 3.8) is 0 Å². The normalized spacial score (nSPS) is 10.0. The van der Waals surface area contributed by atoms with Crippen LogP contribution in [0.1, 0.15) is 11.1 Å². The lowest BCUT2D eigenvalue weighted by Gasteiger charge is -2.10. The first kappa shape index (κ1) is 13.3. The van der Waals surface area contributed by atoms with Crippen LogP contribution in [0, 0.1) is 23.0 Å². The van der Waals surface area contributed by atoms with Gasteiger partial charge in [0, 0.05) is 12.1 Å². The van der Waals surface area contributed by atoms with Crippen LogP contribution < -0.4 is 5.32 Å². The van der Waals surface area contributed by atoms with Gasteiger partial charge in [-0.2, -0.15) is 5.26 Å². The molecule has 0 amide bonds. The predicted molar refractivity (Wildman–Crippen MR) is 69.9 cm³/mol. The Balaban J connectivity index is 2.17. The van der Waals surface area contributed by atoms with Crippen LogP contribution in [0.3, 0.4) is 0 Å². The molecule has 0 bridgehead atoms. The van der Waals surface area contributed by atoms with E-state index in [2.05, 4.69) is 5.32 Å². The molecule has 2 aromatic rings. The van der Waals surface area contributed by atoms with Gasteiger partial charge >= 0.3 is 0 Å². The van der Waals surface area contributed by atoms with Crippen molar-refractivity contribution in [2.24, 2.45) is 0 Å². The quantitative estimate of drug-likeness (QED) is 0.917. The molecular weight excluding hydrogens is 270 g/mol. The van der Waals surface area contributed by atoms with Crippen molar-refractivity contribution < 1.29 is 8.78 Å². The third-order valence-electron chi connectivity index (χ3n) is 2.60. The van der Waals surface area contributed by atoms with Gasteiger partial charge in [0.25, 0.3) is 0 Å². The highest BCUT2D eigenvalue weighted by Gasteiger charge is 2.08. The monoisotopic (exact) mass is 278 g/mol. The van der Waals surface area contributed by atoms with Gasteiger partial charge in [-0.05, 0) is 24.3 Å². The van der Waals surface area contributed by atoms with Crippen molar-refractivity contribution >= 4 is 17.3 Å². The third kappa shape index (κ3) is 3.01. The van der Waals surface area contributed by atoms with E-state index in [9.17, 15) is 8.78 Å². The molecule has 0 aliphatic carbocycles. The Hall–Kier alpha value is -2.12. The first-order valence-electron chi connectivity index (χ1n) is 5.48. The van der Waals surface area contributed by atoms with Gasteiger partial charge in [0.05, 0.1) is 22.3 Å². The van der Waals surface area contributed by atoms with Crippen LogP contribution in [-0.2, 0) is 6.54 Å². The Morgan fingerprint density at radius 3 is 2.58 bits per heavy atom. The van der Waals surface area contributed by atoms with Crippen LogP contribution in [0.15, 0.2) is 36.4 Å². The average Bonchev–Trinajstić information content (AvgIpc) is 2.39. The lowest BCUT2D eigenvalue weighted by molar-refractivity contribution is 0.610. The minimum atomic E-state index is -0.515. The topological polar surface area (TPSA) is 35.8 Å². The number of nitriles is 1. The summed E-state index contributed by atoms with van der Waals surface area (Å²) in [5, 5.41) is 11.6. The van der Waals surface area contributed by atoms with Gasteiger partial charge in [-0.3, -0.25) is 0 Å². The Morgan fingerprint density at radius 1 is 1.16 bits per heavy atom. The van der Waals surface area contributed by atoms with Crippen molar-refractivity contribution in [2.75, 3.05) is 5.32 Å². The van der Waals surface area contributed by atoms with Gasteiger partial charge < -0.3 is 5.32 Å².